The van der Waals surface area contributed by atoms with Crippen LogP contribution in [-0.2, 0) is 30.4 Å². The van der Waals surface area contributed by atoms with Crippen molar-refractivity contribution in [1.82, 2.24) is 4.90 Å². The van der Waals surface area contributed by atoms with Crippen molar-refractivity contribution in [3.05, 3.63) is 70.8 Å². The van der Waals surface area contributed by atoms with Crippen LogP contribution in [0.5, 0.6) is 0 Å². The van der Waals surface area contributed by atoms with E-state index in [4.69, 9.17) is 0 Å². The molecule has 0 aromatic heterocycles. The minimum Gasteiger partial charge on any atom is -0.392 e. The van der Waals surface area contributed by atoms with E-state index in [-0.39, 0.29) is 30.4 Å². The monoisotopic (exact) mass is 377 g/mol. The smallest absolute Gasteiger partial charge is 0.392 e. The summed E-state index contributed by atoms with van der Waals surface area (Å²) in [6.45, 7) is 1.11. The van der Waals surface area contributed by atoms with Crippen molar-refractivity contribution in [2.45, 2.75) is 32.0 Å². The highest BCUT2D eigenvalue weighted by atomic mass is 19.4. The molecule has 1 saturated heterocycles. The summed E-state index contributed by atoms with van der Waals surface area (Å²) in [6, 6.07) is 12.9. The predicted octanol–water partition coefficient (Wildman–Crippen LogP) is 3.83. The van der Waals surface area contributed by atoms with Gasteiger partial charge in [-0.15, -0.1) is 0 Å². The Bertz CT molecular complexity index is 804. The van der Waals surface area contributed by atoms with Crippen LogP contribution >= 0.6 is 0 Å². The van der Waals surface area contributed by atoms with Gasteiger partial charge in [-0.05, 0) is 41.5 Å². The third-order valence-corrected chi connectivity index (χ3v) is 5.00. The van der Waals surface area contributed by atoms with Gasteiger partial charge in [0, 0.05) is 13.1 Å². The number of hydrogen-bond acceptors (Lipinski definition) is 2. The molecule has 1 aliphatic heterocycles. The lowest BCUT2D eigenvalue weighted by Crippen LogP contribution is -2.31. The number of likely N-dealkylation sites (tertiary alicyclic amines) is 1. The van der Waals surface area contributed by atoms with E-state index >= 15 is 0 Å². The third kappa shape index (κ3) is 4.89. The number of amides is 1. The van der Waals surface area contributed by atoms with Gasteiger partial charge in [0.1, 0.15) is 0 Å². The second-order valence-electron chi connectivity index (χ2n) is 7.01. The van der Waals surface area contributed by atoms with Gasteiger partial charge < -0.3 is 10.0 Å². The molecule has 1 amide bonds. The van der Waals surface area contributed by atoms with Crippen molar-refractivity contribution < 1.29 is 23.1 Å². The van der Waals surface area contributed by atoms with Gasteiger partial charge in [-0.2, -0.15) is 13.2 Å². The summed E-state index contributed by atoms with van der Waals surface area (Å²) in [5.41, 5.74) is 1.23. The van der Waals surface area contributed by atoms with Gasteiger partial charge in [-0.1, -0.05) is 42.5 Å². The van der Waals surface area contributed by atoms with Crippen molar-refractivity contribution in [3.63, 3.8) is 0 Å². The SMILES string of the molecule is O=C(Cc1ccccc1C(F)(F)F)N1CC[C@H](Cc2cccc(CO)c2)C1. The van der Waals surface area contributed by atoms with Crippen LogP contribution in [0, 0.1) is 5.92 Å². The summed E-state index contributed by atoms with van der Waals surface area (Å²) in [5, 5.41) is 9.22. The zero-order valence-electron chi connectivity index (χ0n) is 14.9. The third-order valence-electron chi connectivity index (χ3n) is 5.00. The van der Waals surface area contributed by atoms with Crippen LogP contribution in [0.15, 0.2) is 48.5 Å². The van der Waals surface area contributed by atoms with E-state index in [0.29, 0.717) is 13.1 Å². The number of aliphatic hydroxyl groups is 1. The number of nitrogens with zero attached hydrogens (tertiary/aromatic N) is 1. The average molecular weight is 377 g/mol. The first-order chi connectivity index (χ1) is 12.9. The zero-order chi connectivity index (χ0) is 19.4. The number of rotatable bonds is 5. The molecule has 3 rings (SSSR count). The number of halogens is 3. The zero-order valence-corrected chi connectivity index (χ0v) is 14.9. The van der Waals surface area contributed by atoms with Crippen molar-refractivity contribution in [1.29, 1.82) is 0 Å². The first-order valence-corrected chi connectivity index (χ1v) is 8.98. The normalized spacial score (nSPS) is 17.3. The second-order valence-corrected chi connectivity index (χ2v) is 7.01. The van der Waals surface area contributed by atoms with E-state index in [1.165, 1.54) is 18.2 Å². The van der Waals surface area contributed by atoms with Crippen LogP contribution in [0.3, 0.4) is 0 Å². The lowest BCUT2D eigenvalue weighted by molar-refractivity contribution is -0.138. The Labute approximate surface area is 156 Å². The van der Waals surface area contributed by atoms with Crippen LogP contribution in [0.1, 0.15) is 28.7 Å². The highest BCUT2D eigenvalue weighted by Crippen LogP contribution is 2.32. The number of carbonyl (C=O) groups is 1. The molecule has 0 unspecified atom stereocenters. The van der Waals surface area contributed by atoms with Gasteiger partial charge in [0.15, 0.2) is 0 Å². The minimum atomic E-state index is -4.46. The lowest BCUT2D eigenvalue weighted by atomic mass is 9.97. The van der Waals surface area contributed by atoms with Gasteiger partial charge in [0.25, 0.3) is 0 Å². The summed E-state index contributed by atoms with van der Waals surface area (Å²) in [4.78, 5) is 14.2. The van der Waals surface area contributed by atoms with E-state index < -0.39 is 11.7 Å². The van der Waals surface area contributed by atoms with Crippen molar-refractivity contribution in [2.24, 2.45) is 5.92 Å². The largest absolute Gasteiger partial charge is 0.416 e. The summed E-state index contributed by atoms with van der Waals surface area (Å²) >= 11 is 0. The van der Waals surface area contributed by atoms with E-state index in [1.54, 1.807) is 4.90 Å². The number of hydrogen-bond donors (Lipinski definition) is 1. The molecule has 0 spiro atoms. The van der Waals surface area contributed by atoms with Gasteiger partial charge >= 0.3 is 6.18 Å². The average Bonchev–Trinajstić information content (AvgIpc) is 3.10. The summed E-state index contributed by atoms with van der Waals surface area (Å²) in [5.74, 6) is 0.0130. The fourth-order valence-corrected chi connectivity index (χ4v) is 3.64. The van der Waals surface area contributed by atoms with Crippen molar-refractivity contribution >= 4 is 5.91 Å². The van der Waals surface area contributed by atoms with Gasteiger partial charge in [-0.3, -0.25) is 4.79 Å². The van der Waals surface area contributed by atoms with E-state index in [2.05, 4.69) is 0 Å². The van der Waals surface area contributed by atoms with Crippen molar-refractivity contribution in [2.75, 3.05) is 13.1 Å². The van der Waals surface area contributed by atoms with Crippen LogP contribution in [-0.4, -0.2) is 29.0 Å². The molecule has 0 radical (unpaired) electrons. The fourth-order valence-electron chi connectivity index (χ4n) is 3.64. The summed E-state index contributed by atoms with van der Waals surface area (Å²) in [7, 11) is 0. The molecule has 144 valence electrons. The Morgan fingerprint density at radius 2 is 1.85 bits per heavy atom. The van der Waals surface area contributed by atoms with Gasteiger partial charge in [0.2, 0.25) is 5.91 Å². The first-order valence-electron chi connectivity index (χ1n) is 8.98. The molecular weight excluding hydrogens is 355 g/mol. The Hall–Kier alpha value is -2.34. The molecule has 27 heavy (non-hydrogen) atoms. The number of carbonyl (C=O) groups excluding carboxylic acids is 1. The maximum atomic E-state index is 13.1. The van der Waals surface area contributed by atoms with Crippen LogP contribution in [0.2, 0.25) is 0 Å². The Kier molecular flexibility index (Phi) is 5.85. The molecule has 1 fully saturated rings. The molecule has 6 heteroatoms. The van der Waals surface area contributed by atoms with Crippen LogP contribution in [0.25, 0.3) is 0 Å². The van der Waals surface area contributed by atoms with Crippen LogP contribution < -0.4 is 0 Å². The van der Waals surface area contributed by atoms with E-state index in [0.717, 1.165) is 30.0 Å². The van der Waals surface area contributed by atoms with Gasteiger partial charge in [-0.25, -0.2) is 0 Å². The van der Waals surface area contributed by atoms with Crippen molar-refractivity contribution in [3.8, 4) is 0 Å². The number of alkyl halides is 3. The first kappa shape index (κ1) is 19.4. The highest BCUT2D eigenvalue weighted by Gasteiger charge is 2.34. The summed E-state index contributed by atoms with van der Waals surface area (Å²) in [6.07, 6.45) is -3.07. The lowest BCUT2D eigenvalue weighted by Gasteiger charge is -2.18. The number of aliphatic hydroxyl groups excluding tert-OH is 1. The predicted molar refractivity (Wildman–Crippen MR) is 95.9 cm³/mol. The topological polar surface area (TPSA) is 40.5 Å². The minimum absolute atomic E-state index is 0.0122. The maximum Gasteiger partial charge on any atom is 0.416 e. The molecule has 1 atom stereocenters. The maximum absolute atomic E-state index is 13.1. The Morgan fingerprint density at radius 3 is 2.59 bits per heavy atom. The molecule has 0 bridgehead atoms. The van der Waals surface area contributed by atoms with Crippen LogP contribution in [0.4, 0.5) is 13.2 Å². The fraction of sp³-hybridized carbons (Fsp3) is 0.381. The quantitative estimate of drug-likeness (QED) is 0.860. The van der Waals surface area contributed by atoms with E-state index in [9.17, 15) is 23.1 Å². The van der Waals surface area contributed by atoms with Gasteiger partial charge in [0.05, 0.1) is 18.6 Å². The molecule has 3 nitrogen and oxygen atoms in total. The molecule has 1 heterocycles. The second kappa shape index (κ2) is 8.13. The Balaban J connectivity index is 1.61. The standard InChI is InChI=1S/C21H22F3NO2/c22-21(23,24)19-7-2-1-6-18(19)12-20(27)25-9-8-16(13-25)10-15-4-3-5-17(11-15)14-26/h1-7,11,16,26H,8-10,12-14H2/t16-/m1/s1. The van der Waals surface area contributed by atoms with E-state index in [1.807, 2.05) is 24.3 Å². The molecular formula is C21H22F3NO2. The number of benzene rings is 2. The molecule has 2 aromatic rings. The molecule has 1 N–H and O–H groups in total. The molecule has 0 aliphatic carbocycles. The highest BCUT2D eigenvalue weighted by molar-refractivity contribution is 5.79. The Morgan fingerprint density at radius 1 is 1.11 bits per heavy atom. The molecule has 1 aliphatic rings. The summed E-state index contributed by atoms with van der Waals surface area (Å²) < 4.78 is 39.3. The molecule has 0 saturated carbocycles. The molecule has 2 aromatic carbocycles.